The number of aliphatic hydroxyl groups is 1. The lowest BCUT2D eigenvalue weighted by atomic mass is 10.1. The number of hydrogen-bond donors (Lipinski definition) is 2. The van der Waals surface area contributed by atoms with Gasteiger partial charge >= 0.3 is 0 Å². The second-order valence-corrected chi connectivity index (χ2v) is 4.23. The SMILES string of the molecule is Cc1cccc([C@H](C)NCCC(C)O)c1. The summed E-state index contributed by atoms with van der Waals surface area (Å²) in [6.45, 7) is 6.93. The molecule has 2 N–H and O–H groups in total. The van der Waals surface area contributed by atoms with Crippen molar-refractivity contribution in [2.45, 2.75) is 39.3 Å². The van der Waals surface area contributed by atoms with E-state index in [0.29, 0.717) is 6.04 Å². The summed E-state index contributed by atoms with van der Waals surface area (Å²) in [6, 6.07) is 8.86. The molecule has 0 radical (unpaired) electrons. The Morgan fingerprint density at radius 3 is 2.67 bits per heavy atom. The van der Waals surface area contributed by atoms with Gasteiger partial charge in [-0.05, 0) is 39.3 Å². The Hall–Kier alpha value is -0.860. The first-order valence-electron chi connectivity index (χ1n) is 5.57. The number of hydrogen-bond acceptors (Lipinski definition) is 2. The van der Waals surface area contributed by atoms with Crippen molar-refractivity contribution in [3.8, 4) is 0 Å². The van der Waals surface area contributed by atoms with Crippen molar-refractivity contribution in [1.82, 2.24) is 5.32 Å². The van der Waals surface area contributed by atoms with Gasteiger partial charge < -0.3 is 10.4 Å². The van der Waals surface area contributed by atoms with Crippen molar-refractivity contribution < 1.29 is 5.11 Å². The molecule has 0 amide bonds. The number of nitrogens with one attached hydrogen (secondary N) is 1. The van der Waals surface area contributed by atoms with E-state index in [1.165, 1.54) is 11.1 Å². The molecule has 0 heterocycles. The van der Waals surface area contributed by atoms with Crippen LogP contribution in [0.3, 0.4) is 0 Å². The Labute approximate surface area is 92.3 Å². The average Bonchev–Trinajstić information content (AvgIpc) is 2.17. The lowest BCUT2D eigenvalue weighted by molar-refractivity contribution is 0.182. The maximum atomic E-state index is 9.14. The fourth-order valence-electron chi connectivity index (χ4n) is 1.57. The maximum absolute atomic E-state index is 9.14. The first-order valence-corrected chi connectivity index (χ1v) is 5.57. The predicted molar refractivity (Wildman–Crippen MR) is 63.9 cm³/mol. The molecule has 1 rings (SSSR count). The Bertz CT molecular complexity index is 296. The van der Waals surface area contributed by atoms with Gasteiger partial charge in [0.2, 0.25) is 0 Å². The molecule has 1 aromatic carbocycles. The summed E-state index contributed by atoms with van der Waals surface area (Å²) in [7, 11) is 0. The van der Waals surface area contributed by atoms with Crippen molar-refractivity contribution >= 4 is 0 Å². The smallest absolute Gasteiger partial charge is 0.0524 e. The fraction of sp³-hybridized carbons (Fsp3) is 0.538. The monoisotopic (exact) mass is 207 g/mol. The molecule has 1 aromatic rings. The molecule has 2 atom stereocenters. The summed E-state index contributed by atoms with van der Waals surface area (Å²) in [5.74, 6) is 0. The molecule has 84 valence electrons. The van der Waals surface area contributed by atoms with Crippen LogP contribution in [-0.4, -0.2) is 17.8 Å². The molecule has 1 unspecified atom stereocenters. The van der Waals surface area contributed by atoms with E-state index in [1.54, 1.807) is 0 Å². The third-order valence-electron chi connectivity index (χ3n) is 2.55. The van der Waals surface area contributed by atoms with Crippen LogP contribution in [0.25, 0.3) is 0 Å². The molecule has 0 bridgehead atoms. The Morgan fingerprint density at radius 1 is 1.33 bits per heavy atom. The van der Waals surface area contributed by atoms with Crippen molar-refractivity contribution in [3.63, 3.8) is 0 Å². The Balaban J connectivity index is 2.43. The summed E-state index contributed by atoms with van der Waals surface area (Å²) in [6.07, 6.45) is 0.582. The number of benzene rings is 1. The normalized spacial score (nSPS) is 14.9. The molecule has 2 heteroatoms. The van der Waals surface area contributed by atoms with Crippen LogP contribution >= 0.6 is 0 Å². The molecule has 15 heavy (non-hydrogen) atoms. The van der Waals surface area contributed by atoms with Crippen LogP contribution in [0, 0.1) is 6.92 Å². The lowest BCUT2D eigenvalue weighted by Gasteiger charge is -2.15. The maximum Gasteiger partial charge on any atom is 0.0524 e. The van der Waals surface area contributed by atoms with E-state index in [-0.39, 0.29) is 6.10 Å². The molecule has 0 saturated heterocycles. The van der Waals surface area contributed by atoms with Gasteiger partial charge in [0.1, 0.15) is 0 Å². The first kappa shape index (κ1) is 12.2. The van der Waals surface area contributed by atoms with Gasteiger partial charge in [0, 0.05) is 6.04 Å². The highest BCUT2D eigenvalue weighted by Crippen LogP contribution is 2.13. The van der Waals surface area contributed by atoms with Crippen LogP contribution in [0.2, 0.25) is 0 Å². The van der Waals surface area contributed by atoms with Gasteiger partial charge in [0.15, 0.2) is 0 Å². The van der Waals surface area contributed by atoms with Crippen molar-refractivity contribution in [2.24, 2.45) is 0 Å². The molecular formula is C13H21NO. The molecule has 0 spiro atoms. The van der Waals surface area contributed by atoms with E-state index in [4.69, 9.17) is 5.11 Å². The minimum Gasteiger partial charge on any atom is -0.393 e. The van der Waals surface area contributed by atoms with E-state index in [1.807, 2.05) is 6.92 Å². The second-order valence-electron chi connectivity index (χ2n) is 4.23. The molecule has 0 saturated carbocycles. The van der Waals surface area contributed by atoms with Crippen molar-refractivity contribution in [2.75, 3.05) is 6.54 Å². The zero-order valence-corrected chi connectivity index (χ0v) is 9.83. The van der Waals surface area contributed by atoms with E-state index in [2.05, 4.69) is 43.4 Å². The van der Waals surface area contributed by atoms with Crippen LogP contribution in [0.4, 0.5) is 0 Å². The Morgan fingerprint density at radius 2 is 2.07 bits per heavy atom. The van der Waals surface area contributed by atoms with Crippen molar-refractivity contribution in [3.05, 3.63) is 35.4 Å². The van der Waals surface area contributed by atoms with Crippen LogP contribution in [0.5, 0.6) is 0 Å². The van der Waals surface area contributed by atoms with E-state index >= 15 is 0 Å². The fourth-order valence-corrected chi connectivity index (χ4v) is 1.57. The zero-order chi connectivity index (χ0) is 11.3. The van der Waals surface area contributed by atoms with Gasteiger partial charge in [-0.1, -0.05) is 29.8 Å². The standard InChI is InChI=1S/C13H21NO/c1-10-5-4-6-13(9-10)12(3)14-8-7-11(2)15/h4-6,9,11-12,14-15H,7-8H2,1-3H3/t11?,12-/m0/s1. The summed E-state index contributed by atoms with van der Waals surface area (Å²) >= 11 is 0. The number of aryl methyl sites for hydroxylation is 1. The molecule has 0 fully saturated rings. The first-order chi connectivity index (χ1) is 7.09. The third kappa shape index (κ3) is 4.45. The number of aliphatic hydroxyl groups excluding tert-OH is 1. The predicted octanol–water partition coefficient (Wildman–Crippen LogP) is 2.42. The average molecular weight is 207 g/mol. The van der Waals surface area contributed by atoms with Gasteiger partial charge in [0.25, 0.3) is 0 Å². The van der Waals surface area contributed by atoms with E-state index in [9.17, 15) is 0 Å². The van der Waals surface area contributed by atoms with Crippen LogP contribution in [-0.2, 0) is 0 Å². The summed E-state index contributed by atoms with van der Waals surface area (Å²) in [4.78, 5) is 0. The molecule has 2 nitrogen and oxygen atoms in total. The quantitative estimate of drug-likeness (QED) is 0.777. The minimum atomic E-state index is -0.220. The van der Waals surface area contributed by atoms with Gasteiger partial charge in [-0.2, -0.15) is 0 Å². The molecular weight excluding hydrogens is 186 g/mol. The van der Waals surface area contributed by atoms with E-state index < -0.39 is 0 Å². The van der Waals surface area contributed by atoms with Gasteiger partial charge in [0.05, 0.1) is 6.10 Å². The van der Waals surface area contributed by atoms with Crippen LogP contribution in [0.1, 0.15) is 37.4 Å². The van der Waals surface area contributed by atoms with Crippen molar-refractivity contribution in [1.29, 1.82) is 0 Å². The molecule has 0 aliphatic heterocycles. The lowest BCUT2D eigenvalue weighted by Crippen LogP contribution is -2.22. The number of rotatable bonds is 5. The van der Waals surface area contributed by atoms with Crippen LogP contribution < -0.4 is 5.32 Å². The molecule has 0 aliphatic rings. The topological polar surface area (TPSA) is 32.3 Å². The van der Waals surface area contributed by atoms with Crippen LogP contribution in [0.15, 0.2) is 24.3 Å². The summed E-state index contributed by atoms with van der Waals surface area (Å²) in [5, 5.41) is 12.5. The Kier molecular flexibility index (Phi) is 4.79. The minimum absolute atomic E-state index is 0.220. The summed E-state index contributed by atoms with van der Waals surface area (Å²) < 4.78 is 0. The summed E-state index contributed by atoms with van der Waals surface area (Å²) in [5.41, 5.74) is 2.59. The third-order valence-corrected chi connectivity index (χ3v) is 2.55. The van der Waals surface area contributed by atoms with Gasteiger partial charge in [-0.25, -0.2) is 0 Å². The zero-order valence-electron chi connectivity index (χ0n) is 9.83. The van der Waals surface area contributed by atoms with Gasteiger partial charge in [-0.15, -0.1) is 0 Å². The highest BCUT2D eigenvalue weighted by atomic mass is 16.3. The van der Waals surface area contributed by atoms with E-state index in [0.717, 1.165) is 13.0 Å². The molecule has 0 aliphatic carbocycles. The van der Waals surface area contributed by atoms with Gasteiger partial charge in [-0.3, -0.25) is 0 Å². The molecule has 0 aromatic heterocycles. The largest absolute Gasteiger partial charge is 0.393 e. The second kappa shape index (κ2) is 5.89. The highest BCUT2D eigenvalue weighted by Gasteiger charge is 2.04. The highest BCUT2D eigenvalue weighted by molar-refractivity contribution is 5.24.